The molecule has 2 rings (SSSR count). The van der Waals surface area contributed by atoms with Gasteiger partial charge in [0.25, 0.3) is 0 Å². The van der Waals surface area contributed by atoms with Gasteiger partial charge in [-0.1, -0.05) is 0 Å². The molecule has 11 heavy (non-hydrogen) atoms. The molecule has 0 bridgehead atoms. The van der Waals surface area contributed by atoms with Gasteiger partial charge in [-0.2, -0.15) is 0 Å². The Labute approximate surface area is 66.5 Å². The van der Waals surface area contributed by atoms with E-state index in [0.29, 0.717) is 0 Å². The Hall–Kier alpha value is -0.570. The summed E-state index contributed by atoms with van der Waals surface area (Å²) in [6.07, 6.45) is 3.25. The van der Waals surface area contributed by atoms with Crippen LogP contribution in [0.5, 0.6) is 0 Å². The van der Waals surface area contributed by atoms with Crippen molar-refractivity contribution in [1.82, 2.24) is 10.6 Å². The van der Waals surface area contributed by atoms with Crippen molar-refractivity contribution < 1.29 is 4.79 Å². The Morgan fingerprint density at radius 1 is 1.27 bits per heavy atom. The van der Waals surface area contributed by atoms with Crippen molar-refractivity contribution in [2.75, 3.05) is 19.6 Å². The Bertz CT molecular complexity index is 173. The summed E-state index contributed by atoms with van der Waals surface area (Å²) >= 11 is 0. The van der Waals surface area contributed by atoms with E-state index in [9.17, 15) is 4.79 Å². The average Bonchev–Trinajstić information content (AvgIpc) is 2.36. The summed E-state index contributed by atoms with van der Waals surface area (Å²) in [5.74, 6) is 0.268. The molecule has 3 heteroatoms. The fourth-order valence-corrected chi connectivity index (χ4v) is 2.09. The highest BCUT2D eigenvalue weighted by atomic mass is 16.2. The smallest absolute Gasteiger partial charge is 0.227 e. The zero-order valence-corrected chi connectivity index (χ0v) is 6.65. The van der Waals surface area contributed by atoms with Gasteiger partial charge in [0.2, 0.25) is 5.91 Å². The number of carbonyl (C=O) groups excluding carboxylic acids is 1. The van der Waals surface area contributed by atoms with Crippen LogP contribution in [-0.2, 0) is 4.79 Å². The summed E-state index contributed by atoms with van der Waals surface area (Å²) < 4.78 is 0. The molecular formula is C8H14N2O. The van der Waals surface area contributed by atoms with E-state index < -0.39 is 0 Å². The lowest BCUT2D eigenvalue weighted by atomic mass is 9.79. The van der Waals surface area contributed by atoms with Gasteiger partial charge >= 0.3 is 0 Å². The third-order valence-corrected chi connectivity index (χ3v) is 2.84. The van der Waals surface area contributed by atoms with Crippen molar-refractivity contribution in [2.24, 2.45) is 5.41 Å². The van der Waals surface area contributed by atoms with Crippen molar-refractivity contribution in [3.8, 4) is 0 Å². The SMILES string of the molecule is O=C1NCC[C@@]12CCCNC2. The van der Waals surface area contributed by atoms with E-state index in [1.54, 1.807) is 0 Å². The minimum Gasteiger partial charge on any atom is -0.356 e. The van der Waals surface area contributed by atoms with Crippen molar-refractivity contribution in [1.29, 1.82) is 0 Å². The van der Waals surface area contributed by atoms with Gasteiger partial charge in [0.05, 0.1) is 5.41 Å². The molecule has 2 N–H and O–H groups in total. The molecular weight excluding hydrogens is 140 g/mol. The Kier molecular flexibility index (Phi) is 1.60. The molecule has 2 heterocycles. The lowest BCUT2D eigenvalue weighted by Gasteiger charge is -2.30. The number of carbonyl (C=O) groups is 1. The van der Waals surface area contributed by atoms with Gasteiger partial charge in [-0.05, 0) is 25.8 Å². The second-order valence-corrected chi connectivity index (χ2v) is 3.57. The maximum atomic E-state index is 11.4. The minimum atomic E-state index is -0.0295. The summed E-state index contributed by atoms with van der Waals surface area (Å²) in [4.78, 5) is 11.4. The van der Waals surface area contributed by atoms with E-state index >= 15 is 0 Å². The number of rotatable bonds is 0. The molecule has 0 aromatic rings. The molecule has 2 fully saturated rings. The third-order valence-electron chi connectivity index (χ3n) is 2.84. The van der Waals surface area contributed by atoms with Crippen LogP contribution < -0.4 is 10.6 Å². The number of amides is 1. The van der Waals surface area contributed by atoms with Crippen LogP contribution in [0.3, 0.4) is 0 Å². The van der Waals surface area contributed by atoms with E-state index in [1.807, 2.05) is 0 Å². The second kappa shape index (κ2) is 2.48. The van der Waals surface area contributed by atoms with Gasteiger partial charge in [-0.3, -0.25) is 4.79 Å². The lowest BCUT2D eigenvalue weighted by molar-refractivity contribution is -0.128. The number of hydrogen-bond donors (Lipinski definition) is 2. The van der Waals surface area contributed by atoms with E-state index in [-0.39, 0.29) is 11.3 Å². The molecule has 1 amide bonds. The molecule has 2 saturated heterocycles. The predicted molar refractivity (Wildman–Crippen MR) is 42.2 cm³/mol. The maximum Gasteiger partial charge on any atom is 0.227 e. The molecule has 2 aliphatic heterocycles. The molecule has 62 valence electrons. The van der Waals surface area contributed by atoms with Crippen LogP contribution in [-0.4, -0.2) is 25.5 Å². The first-order valence-electron chi connectivity index (χ1n) is 4.33. The van der Waals surface area contributed by atoms with Crippen LogP contribution in [0.2, 0.25) is 0 Å². The number of hydrogen-bond acceptors (Lipinski definition) is 2. The highest BCUT2D eigenvalue weighted by molar-refractivity contribution is 5.85. The average molecular weight is 154 g/mol. The molecule has 1 spiro atoms. The molecule has 0 saturated carbocycles. The molecule has 1 atom stereocenters. The zero-order chi connectivity index (χ0) is 7.73. The third kappa shape index (κ3) is 1.03. The van der Waals surface area contributed by atoms with Crippen molar-refractivity contribution in [3.05, 3.63) is 0 Å². The molecule has 2 aliphatic rings. The topological polar surface area (TPSA) is 41.1 Å². The van der Waals surface area contributed by atoms with Crippen molar-refractivity contribution >= 4 is 5.91 Å². The normalized spacial score (nSPS) is 37.6. The van der Waals surface area contributed by atoms with Gasteiger partial charge in [0.15, 0.2) is 0 Å². The molecule has 0 aliphatic carbocycles. The van der Waals surface area contributed by atoms with Gasteiger partial charge in [0.1, 0.15) is 0 Å². The van der Waals surface area contributed by atoms with E-state index in [1.165, 1.54) is 0 Å². The van der Waals surface area contributed by atoms with Gasteiger partial charge < -0.3 is 10.6 Å². The van der Waals surface area contributed by atoms with Crippen LogP contribution in [0.4, 0.5) is 0 Å². The monoisotopic (exact) mass is 154 g/mol. The lowest BCUT2D eigenvalue weighted by Crippen LogP contribution is -2.44. The van der Waals surface area contributed by atoms with Gasteiger partial charge in [0, 0.05) is 13.1 Å². The fourth-order valence-electron chi connectivity index (χ4n) is 2.09. The summed E-state index contributed by atoms with van der Waals surface area (Å²) in [6, 6.07) is 0. The second-order valence-electron chi connectivity index (χ2n) is 3.57. The summed E-state index contributed by atoms with van der Waals surface area (Å²) in [7, 11) is 0. The first-order chi connectivity index (χ1) is 5.33. The highest BCUT2D eigenvalue weighted by Gasteiger charge is 2.42. The summed E-state index contributed by atoms with van der Waals surface area (Å²) in [6.45, 7) is 2.84. The first kappa shape index (κ1) is 7.10. The molecule has 0 aromatic carbocycles. The standard InChI is InChI=1S/C8H14N2O/c11-7-8(3-5-10-7)2-1-4-9-6-8/h9H,1-6H2,(H,10,11)/t8-/m1/s1. The van der Waals surface area contributed by atoms with Gasteiger partial charge in [-0.25, -0.2) is 0 Å². The highest BCUT2D eigenvalue weighted by Crippen LogP contribution is 2.33. The van der Waals surface area contributed by atoms with Crippen molar-refractivity contribution in [2.45, 2.75) is 19.3 Å². The minimum absolute atomic E-state index is 0.0295. The van der Waals surface area contributed by atoms with E-state index in [4.69, 9.17) is 0 Å². The molecule has 0 radical (unpaired) electrons. The maximum absolute atomic E-state index is 11.4. The Morgan fingerprint density at radius 3 is 2.73 bits per heavy atom. The number of nitrogens with one attached hydrogen (secondary N) is 2. The van der Waals surface area contributed by atoms with Crippen LogP contribution >= 0.6 is 0 Å². The fraction of sp³-hybridized carbons (Fsp3) is 0.875. The number of piperidine rings is 1. The molecule has 0 aromatic heterocycles. The quantitative estimate of drug-likeness (QED) is 0.510. The zero-order valence-electron chi connectivity index (χ0n) is 6.65. The van der Waals surface area contributed by atoms with Gasteiger partial charge in [-0.15, -0.1) is 0 Å². The van der Waals surface area contributed by atoms with Crippen LogP contribution in [0.25, 0.3) is 0 Å². The Balaban J connectivity index is 2.12. The van der Waals surface area contributed by atoms with E-state index in [2.05, 4.69) is 10.6 Å². The van der Waals surface area contributed by atoms with Crippen LogP contribution in [0, 0.1) is 5.41 Å². The molecule has 3 nitrogen and oxygen atoms in total. The van der Waals surface area contributed by atoms with Crippen LogP contribution in [0.1, 0.15) is 19.3 Å². The summed E-state index contributed by atoms with van der Waals surface area (Å²) in [5.41, 5.74) is -0.0295. The predicted octanol–water partition coefficient (Wildman–Crippen LogP) is -0.124. The Morgan fingerprint density at radius 2 is 2.18 bits per heavy atom. The van der Waals surface area contributed by atoms with Crippen molar-refractivity contribution in [3.63, 3.8) is 0 Å². The van der Waals surface area contributed by atoms with Crippen LogP contribution in [0.15, 0.2) is 0 Å². The largest absolute Gasteiger partial charge is 0.356 e. The molecule has 0 unspecified atom stereocenters. The van der Waals surface area contributed by atoms with E-state index in [0.717, 1.165) is 38.9 Å². The summed E-state index contributed by atoms with van der Waals surface area (Å²) in [5, 5.41) is 6.19. The first-order valence-corrected chi connectivity index (χ1v) is 4.33.